The van der Waals surface area contributed by atoms with Crippen molar-refractivity contribution in [2.45, 2.75) is 29.4 Å². The summed E-state index contributed by atoms with van der Waals surface area (Å²) in [5.74, 6) is 1.56. The van der Waals surface area contributed by atoms with Crippen molar-refractivity contribution in [2.24, 2.45) is 0 Å². The highest BCUT2D eigenvalue weighted by atomic mass is 35.5. The van der Waals surface area contributed by atoms with Gasteiger partial charge in [-0.25, -0.2) is 13.4 Å². The molecule has 0 radical (unpaired) electrons. The molecule has 0 N–H and O–H groups in total. The number of thiazole rings is 1. The van der Waals surface area contributed by atoms with E-state index in [4.69, 9.17) is 37.7 Å². The van der Waals surface area contributed by atoms with E-state index in [1.54, 1.807) is 25.6 Å². The molecule has 4 rings (SSSR count). The second-order valence-electron chi connectivity index (χ2n) is 7.81. The highest BCUT2D eigenvalue weighted by Crippen LogP contribution is 2.32. The number of halogens is 2. The fourth-order valence-corrected chi connectivity index (χ4v) is 7.31. The molecule has 0 saturated carbocycles. The summed E-state index contributed by atoms with van der Waals surface area (Å²) in [7, 11) is -0.218. The standard InChI is InChI=1S/C23H24Cl2N2O4S2/c1-30-19-3-4-22(31-2)15(10-19)9-18-14-32-23(26-18)27-7-5-20(6-8-27)33(28,29)21-12-16(24)11-17(25)13-21/h3-4,10-14,20H,5-9H2,1-2H3. The molecule has 0 aliphatic carbocycles. The van der Waals surface area contributed by atoms with Crippen LogP contribution in [-0.2, 0) is 16.3 Å². The topological polar surface area (TPSA) is 68.7 Å². The summed E-state index contributed by atoms with van der Waals surface area (Å²) in [6.07, 6.45) is 1.66. The van der Waals surface area contributed by atoms with E-state index < -0.39 is 15.1 Å². The first-order chi connectivity index (χ1) is 15.8. The zero-order valence-corrected chi connectivity index (χ0v) is 21.4. The molecular formula is C23H24Cl2N2O4S2. The van der Waals surface area contributed by atoms with E-state index in [1.807, 2.05) is 23.6 Å². The van der Waals surface area contributed by atoms with Crippen molar-refractivity contribution in [3.05, 3.63) is 63.1 Å². The van der Waals surface area contributed by atoms with Crippen LogP contribution in [0.4, 0.5) is 5.13 Å². The lowest BCUT2D eigenvalue weighted by Crippen LogP contribution is -2.39. The van der Waals surface area contributed by atoms with Gasteiger partial charge in [0.1, 0.15) is 11.5 Å². The zero-order chi connectivity index (χ0) is 23.6. The first-order valence-electron chi connectivity index (χ1n) is 10.4. The molecule has 2 aromatic carbocycles. The number of sulfone groups is 1. The Balaban J connectivity index is 1.43. The number of hydrogen-bond donors (Lipinski definition) is 0. The van der Waals surface area contributed by atoms with E-state index in [1.165, 1.54) is 18.2 Å². The Bertz CT molecular complexity index is 1220. The third kappa shape index (κ3) is 5.40. The molecule has 0 spiro atoms. The number of rotatable bonds is 7. The average molecular weight is 527 g/mol. The Labute approximate surface area is 208 Å². The van der Waals surface area contributed by atoms with Crippen molar-refractivity contribution in [1.29, 1.82) is 0 Å². The van der Waals surface area contributed by atoms with Crippen molar-refractivity contribution < 1.29 is 17.9 Å². The zero-order valence-electron chi connectivity index (χ0n) is 18.3. The van der Waals surface area contributed by atoms with Crippen LogP contribution in [0.2, 0.25) is 10.0 Å². The van der Waals surface area contributed by atoms with E-state index in [0.29, 0.717) is 42.4 Å². The van der Waals surface area contributed by atoms with Crippen LogP contribution in [0.5, 0.6) is 11.5 Å². The maximum absolute atomic E-state index is 13.1. The van der Waals surface area contributed by atoms with Crippen LogP contribution >= 0.6 is 34.5 Å². The Kier molecular flexibility index (Phi) is 7.38. The molecule has 1 fully saturated rings. The fourth-order valence-electron chi connectivity index (χ4n) is 3.98. The number of aromatic nitrogens is 1. The van der Waals surface area contributed by atoms with Gasteiger partial charge in [-0.1, -0.05) is 23.2 Å². The lowest BCUT2D eigenvalue weighted by atomic mass is 10.1. The second kappa shape index (κ2) is 10.1. The molecule has 33 heavy (non-hydrogen) atoms. The maximum atomic E-state index is 13.1. The number of hydrogen-bond acceptors (Lipinski definition) is 7. The average Bonchev–Trinajstić information content (AvgIpc) is 3.27. The Hall–Kier alpha value is -2.00. The summed E-state index contributed by atoms with van der Waals surface area (Å²) in [6, 6.07) is 10.2. The van der Waals surface area contributed by atoms with E-state index >= 15 is 0 Å². The van der Waals surface area contributed by atoms with E-state index in [9.17, 15) is 8.42 Å². The van der Waals surface area contributed by atoms with E-state index in [0.717, 1.165) is 27.9 Å². The molecule has 0 atom stereocenters. The van der Waals surface area contributed by atoms with Gasteiger partial charge in [-0.3, -0.25) is 0 Å². The predicted octanol–water partition coefficient (Wildman–Crippen LogP) is 5.50. The molecule has 3 aromatic rings. The van der Waals surface area contributed by atoms with Gasteiger partial charge in [-0.2, -0.15) is 0 Å². The van der Waals surface area contributed by atoms with Gasteiger partial charge in [0.15, 0.2) is 15.0 Å². The maximum Gasteiger partial charge on any atom is 0.185 e. The summed E-state index contributed by atoms with van der Waals surface area (Å²) in [5, 5.41) is 3.10. The third-order valence-corrected chi connectivity index (χ3v) is 9.34. The fraction of sp³-hybridized carbons (Fsp3) is 0.348. The molecule has 0 unspecified atom stereocenters. The highest BCUT2D eigenvalue weighted by molar-refractivity contribution is 7.92. The minimum absolute atomic E-state index is 0.183. The van der Waals surface area contributed by atoms with Crippen molar-refractivity contribution in [3.8, 4) is 11.5 Å². The Morgan fingerprint density at radius 2 is 1.76 bits per heavy atom. The van der Waals surface area contributed by atoms with Crippen molar-refractivity contribution >= 4 is 49.5 Å². The van der Waals surface area contributed by atoms with Gasteiger partial charge in [0.25, 0.3) is 0 Å². The molecule has 0 bridgehead atoms. The van der Waals surface area contributed by atoms with Crippen molar-refractivity contribution in [2.75, 3.05) is 32.2 Å². The van der Waals surface area contributed by atoms with Crippen LogP contribution in [0, 0.1) is 0 Å². The minimum atomic E-state index is -3.50. The van der Waals surface area contributed by atoms with Gasteiger partial charge in [-0.15, -0.1) is 11.3 Å². The van der Waals surface area contributed by atoms with Gasteiger partial charge in [-0.05, 0) is 49.2 Å². The Morgan fingerprint density at radius 1 is 1.06 bits per heavy atom. The van der Waals surface area contributed by atoms with Crippen LogP contribution < -0.4 is 14.4 Å². The molecule has 0 amide bonds. The summed E-state index contributed by atoms with van der Waals surface area (Å²) < 4.78 is 37.0. The van der Waals surface area contributed by atoms with Gasteiger partial charge in [0.05, 0.1) is 30.1 Å². The van der Waals surface area contributed by atoms with Crippen LogP contribution in [0.15, 0.2) is 46.7 Å². The van der Waals surface area contributed by atoms with Crippen molar-refractivity contribution in [1.82, 2.24) is 4.98 Å². The molecule has 10 heteroatoms. The predicted molar refractivity (Wildman–Crippen MR) is 133 cm³/mol. The van der Waals surface area contributed by atoms with Crippen molar-refractivity contribution in [3.63, 3.8) is 0 Å². The molecule has 1 saturated heterocycles. The quantitative estimate of drug-likeness (QED) is 0.404. The number of piperidine rings is 1. The van der Waals surface area contributed by atoms with Gasteiger partial charge >= 0.3 is 0 Å². The number of ether oxygens (including phenoxy) is 2. The summed E-state index contributed by atoms with van der Waals surface area (Å²) in [6.45, 7) is 1.24. The van der Waals surface area contributed by atoms with E-state index in [-0.39, 0.29) is 4.90 Å². The second-order valence-corrected chi connectivity index (χ2v) is 11.8. The number of benzene rings is 2. The van der Waals surface area contributed by atoms with Gasteiger partial charge < -0.3 is 14.4 Å². The first-order valence-corrected chi connectivity index (χ1v) is 13.6. The molecule has 1 aliphatic rings. The SMILES string of the molecule is COc1ccc(OC)c(Cc2csc(N3CCC(S(=O)(=O)c4cc(Cl)cc(Cl)c4)CC3)n2)c1. The largest absolute Gasteiger partial charge is 0.497 e. The summed E-state index contributed by atoms with van der Waals surface area (Å²) in [4.78, 5) is 7.12. The molecular weight excluding hydrogens is 503 g/mol. The minimum Gasteiger partial charge on any atom is -0.497 e. The number of anilines is 1. The molecule has 6 nitrogen and oxygen atoms in total. The highest BCUT2D eigenvalue weighted by Gasteiger charge is 2.32. The van der Waals surface area contributed by atoms with Crippen LogP contribution in [0.3, 0.4) is 0 Å². The lowest BCUT2D eigenvalue weighted by molar-refractivity contribution is 0.399. The summed E-state index contributed by atoms with van der Waals surface area (Å²) >= 11 is 13.6. The first kappa shape index (κ1) is 24.1. The molecule has 2 heterocycles. The molecule has 176 valence electrons. The third-order valence-electron chi connectivity index (χ3n) is 5.71. The van der Waals surface area contributed by atoms with Crippen LogP contribution in [0.1, 0.15) is 24.1 Å². The van der Waals surface area contributed by atoms with Crippen LogP contribution in [0.25, 0.3) is 0 Å². The Morgan fingerprint density at radius 3 is 2.39 bits per heavy atom. The molecule has 1 aromatic heterocycles. The van der Waals surface area contributed by atoms with E-state index in [2.05, 4.69) is 4.90 Å². The summed E-state index contributed by atoms with van der Waals surface area (Å²) in [5.41, 5.74) is 1.93. The van der Waals surface area contributed by atoms with Gasteiger partial charge in [0, 0.05) is 40.5 Å². The smallest absolute Gasteiger partial charge is 0.185 e. The number of nitrogens with zero attached hydrogens (tertiary/aromatic N) is 2. The van der Waals surface area contributed by atoms with Crippen LogP contribution in [-0.4, -0.2) is 46.0 Å². The monoisotopic (exact) mass is 526 g/mol. The molecule has 1 aliphatic heterocycles. The lowest BCUT2D eigenvalue weighted by Gasteiger charge is -2.31. The number of methoxy groups -OCH3 is 2. The normalized spacial score (nSPS) is 15.0. The van der Waals surface area contributed by atoms with Gasteiger partial charge in [0.2, 0.25) is 0 Å².